The first-order chi connectivity index (χ1) is 3.31. The van der Waals surface area contributed by atoms with Gasteiger partial charge in [0.2, 0.25) is 0 Å². The zero-order chi connectivity index (χ0) is 5.70. The van der Waals surface area contributed by atoms with Crippen molar-refractivity contribution in [3.05, 3.63) is 0 Å². The molecule has 0 N–H and O–H groups in total. The molecule has 0 aromatic carbocycles. The van der Waals surface area contributed by atoms with Crippen LogP contribution in [0.2, 0.25) is 6.82 Å². The molecule has 0 aliphatic rings. The molecule has 39 valence electrons. The summed E-state index contributed by atoms with van der Waals surface area (Å²) in [6, 6.07) is 0. The minimum absolute atomic E-state index is 0.287. The highest BCUT2D eigenvalue weighted by atomic mass is 16.4. The van der Waals surface area contributed by atoms with Crippen LogP contribution in [0.1, 0.15) is 6.92 Å². The number of hydrogen-bond donors (Lipinski definition) is 0. The average molecular weight is 98.9 g/mol. The first kappa shape index (κ1) is 6.69. The Balaban J connectivity index is 2.98. The summed E-state index contributed by atoms with van der Waals surface area (Å²) in [5.41, 5.74) is 0. The van der Waals surface area contributed by atoms with Gasteiger partial charge in [0, 0.05) is 0 Å². The average Bonchev–Trinajstić information content (AvgIpc) is 1.68. The van der Waals surface area contributed by atoms with E-state index in [0.29, 0.717) is 0 Å². The summed E-state index contributed by atoms with van der Waals surface area (Å²) in [5, 5.41) is 0. The fraction of sp³-hybridized carbons (Fsp3) is 0.750. The smallest absolute Gasteiger partial charge is 0.289 e. The van der Waals surface area contributed by atoms with Gasteiger partial charge in [-0.15, -0.1) is 0 Å². The SMILES string of the molecule is C[B]OC(C)C=O. The van der Waals surface area contributed by atoms with Crippen LogP contribution in [0.15, 0.2) is 0 Å². The Hall–Kier alpha value is -0.305. The Morgan fingerprint density at radius 2 is 2.43 bits per heavy atom. The molecule has 0 heterocycles. The molecule has 2 nitrogen and oxygen atoms in total. The second-order valence-corrected chi connectivity index (χ2v) is 1.21. The molecule has 7 heavy (non-hydrogen) atoms. The van der Waals surface area contributed by atoms with Crippen LogP contribution < -0.4 is 0 Å². The molecule has 0 saturated heterocycles. The van der Waals surface area contributed by atoms with Crippen molar-refractivity contribution in [2.45, 2.75) is 19.9 Å². The fourth-order valence-corrected chi connectivity index (χ4v) is 0.247. The van der Waals surface area contributed by atoms with Gasteiger partial charge in [0.05, 0.1) is 6.10 Å². The molecule has 0 amide bonds. The molecule has 0 aromatic heterocycles. The molecule has 0 aromatic rings. The molecular formula is C4H8BO2. The number of carbonyl (C=O) groups excluding carboxylic acids is 1. The zero-order valence-electron chi connectivity index (χ0n) is 4.55. The van der Waals surface area contributed by atoms with Crippen molar-refractivity contribution in [2.24, 2.45) is 0 Å². The molecule has 0 fully saturated rings. The molecule has 1 unspecified atom stereocenters. The molecule has 1 atom stereocenters. The van der Waals surface area contributed by atoms with E-state index in [4.69, 9.17) is 4.65 Å². The standard InChI is InChI=1S/C4H8BO2/c1-4(3-6)7-5-2/h3-4H,1-2H3. The maximum Gasteiger partial charge on any atom is 0.289 e. The largest absolute Gasteiger partial charge is 0.432 e. The maximum atomic E-state index is 9.75. The van der Waals surface area contributed by atoms with Crippen molar-refractivity contribution >= 4 is 13.8 Å². The maximum absolute atomic E-state index is 9.75. The number of rotatable bonds is 3. The Bertz CT molecular complexity index is 55.7. The number of aldehydes is 1. The van der Waals surface area contributed by atoms with Crippen LogP contribution in [-0.2, 0) is 9.45 Å². The topological polar surface area (TPSA) is 26.3 Å². The molecular weight excluding hydrogens is 90.9 g/mol. The van der Waals surface area contributed by atoms with E-state index in [1.54, 1.807) is 13.7 Å². The molecule has 3 heteroatoms. The molecule has 0 aliphatic heterocycles. The predicted molar refractivity (Wildman–Crippen MR) is 28.2 cm³/mol. The molecule has 0 rings (SSSR count). The number of hydrogen-bond acceptors (Lipinski definition) is 2. The lowest BCUT2D eigenvalue weighted by Gasteiger charge is -1.98. The van der Waals surface area contributed by atoms with Crippen LogP contribution in [-0.4, -0.2) is 19.9 Å². The van der Waals surface area contributed by atoms with Crippen LogP contribution in [0, 0.1) is 0 Å². The van der Waals surface area contributed by atoms with Gasteiger partial charge >= 0.3 is 0 Å². The third-order valence-electron chi connectivity index (χ3n) is 0.542. The highest BCUT2D eigenvalue weighted by Crippen LogP contribution is 1.79. The zero-order valence-corrected chi connectivity index (χ0v) is 4.55. The molecule has 0 bridgehead atoms. The van der Waals surface area contributed by atoms with Crippen molar-refractivity contribution in [2.75, 3.05) is 0 Å². The van der Waals surface area contributed by atoms with Gasteiger partial charge in [0.15, 0.2) is 0 Å². The normalized spacial score (nSPS) is 12.9. The summed E-state index contributed by atoms with van der Waals surface area (Å²) in [4.78, 5) is 9.75. The summed E-state index contributed by atoms with van der Waals surface area (Å²) in [6.45, 7) is 3.42. The minimum Gasteiger partial charge on any atom is -0.432 e. The van der Waals surface area contributed by atoms with E-state index in [9.17, 15) is 4.79 Å². The lowest BCUT2D eigenvalue weighted by atomic mass is 10.1. The molecule has 0 aliphatic carbocycles. The van der Waals surface area contributed by atoms with Gasteiger partial charge in [0.1, 0.15) is 6.29 Å². The molecule has 0 saturated carbocycles. The van der Waals surface area contributed by atoms with Gasteiger partial charge in [-0.05, 0) is 6.92 Å². The second-order valence-electron chi connectivity index (χ2n) is 1.21. The summed E-state index contributed by atoms with van der Waals surface area (Å²) in [7, 11) is 1.50. The van der Waals surface area contributed by atoms with Crippen LogP contribution in [0.4, 0.5) is 0 Å². The lowest BCUT2D eigenvalue weighted by molar-refractivity contribution is -0.113. The van der Waals surface area contributed by atoms with E-state index in [-0.39, 0.29) is 6.10 Å². The first-order valence-corrected chi connectivity index (χ1v) is 2.20. The van der Waals surface area contributed by atoms with E-state index in [1.807, 2.05) is 0 Å². The Kier molecular flexibility index (Phi) is 3.70. The predicted octanol–water partition coefficient (Wildman–Crippen LogP) is 0.258. The molecule has 0 spiro atoms. The monoisotopic (exact) mass is 99.1 g/mol. The van der Waals surface area contributed by atoms with Crippen molar-refractivity contribution in [1.29, 1.82) is 0 Å². The molecule has 1 radical (unpaired) electrons. The van der Waals surface area contributed by atoms with E-state index in [1.165, 1.54) is 7.48 Å². The summed E-state index contributed by atoms with van der Waals surface area (Å²) in [5.74, 6) is 0. The van der Waals surface area contributed by atoms with E-state index in [0.717, 1.165) is 6.29 Å². The Labute approximate surface area is 44.1 Å². The van der Waals surface area contributed by atoms with E-state index in [2.05, 4.69) is 0 Å². The van der Waals surface area contributed by atoms with Crippen molar-refractivity contribution in [3.63, 3.8) is 0 Å². The van der Waals surface area contributed by atoms with Gasteiger partial charge in [0.25, 0.3) is 7.48 Å². The quantitative estimate of drug-likeness (QED) is 0.374. The van der Waals surface area contributed by atoms with Gasteiger partial charge in [-0.2, -0.15) is 0 Å². The van der Waals surface area contributed by atoms with Crippen LogP contribution in [0.25, 0.3) is 0 Å². The third-order valence-corrected chi connectivity index (χ3v) is 0.542. The van der Waals surface area contributed by atoms with E-state index < -0.39 is 0 Å². The summed E-state index contributed by atoms with van der Waals surface area (Å²) in [6.07, 6.45) is 0.463. The van der Waals surface area contributed by atoms with E-state index >= 15 is 0 Å². The van der Waals surface area contributed by atoms with Gasteiger partial charge in [-0.3, -0.25) is 0 Å². The first-order valence-electron chi connectivity index (χ1n) is 2.20. The minimum atomic E-state index is -0.287. The van der Waals surface area contributed by atoms with Crippen LogP contribution in [0.3, 0.4) is 0 Å². The van der Waals surface area contributed by atoms with Crippen molar-refractivity contribution in [3.8, 4) is 0 Å². The van der Waals surface area contributed by atoms with Gasteiger partial charge < -0.3 is 9.45 Å². The van der Waals surface area contributed by atoms with Crippen molar-refractivity contribution < 1.29 is 9.45 Å². The van der Waals surface area contributed by atoms with Crippen LogP contribution in [0.5, 0.6) is 0 Å². The lowest BCUT2D eigenvalue weighted by Crippen LogP contribution is -2.09. The van der Waals surface area contributed by atoms with Crippen LogP contribution >= 0.6 is 0 Å². The Morgan fingerprint density at radius 3 is 2.57 bits per heavy atom. The third kappa shape index (κ3) is 3.53. The number of carbonyl (C=O) groups is 1. The highest BCUT2D eigenvalue weighted by Gasteiger charge is 1.93. The van der Waals surface area contributed by atoms with Crippen molar-refractivity contribution in [1.82, 2.24) is 0 Å². The second kappa shape index (κ2) is 3.87. The highest BCUT2D eigenvalue weighted by molar-refractivity contribution is 6.25. The fourth-order valence-electron chi connectivity index (χ4n) is 0.247. The summed E-state index contributed by atoms with van der Waals surface area (Å²) >= 11 is 0. The van der Waals surface area contributed by atoms with Gasteiger partial charge in [-0.1, -0.05) is 6.82 Å². The Morgan fingerprint density at radius 1 is 1.86 bits per heavy atom. The summed E-state index contributed by atoms with van der Waals surface area (Å²) < 4.78 is 4.70. The van der Waals surface area contributed by atoms with Gasteiger partial charge in [-0.25, -0.2) is 0 Å².